The van der Waals surface area contributed by atoms with Crippen LogP contribution in [-0.2, 0) is 11.8 Å². The monoisotopic (exact) mass is 309 g/mol. The molecular weight excluding hydrogens is 294 g/mol. The molecule has 0 saturated heterocycles. The van der Waals surface area contributed by atoms with Crippen molar-refractivity contribution in [3.63, 3.8) is 0 Å². The fourth-order valence-corrected chi connectivity index (χ4v) is 2.39. The van der Waals surface area contributed by atoms with Crippen molar-refractivity contribution in [3.8, 4) is 11.7 Å². The summed E-state index contributed by atoms with van der Waals surface area (Å²) >= 11 is 1.10. The van der Waals surface area contributed by atoms with E-state index in [2.05, 4.69) is 15.1 Å². The van der Waals surface area contributed by atoms with E-state index in [4.69, 9.17) is 4.74 Å². The number of nitrogens with zero attached hydrogens (tertiary/aromatic N) is 2. The van der Waals surface area contributed by atoms with Gasteiger partial charge >= 0.3 is 0 Å². The molecule has 2 aromatic rings. The summed E-state index contributed by atoms with van der Waals surface area (Å²) < 4.78 is 10.9. The van der Waals surface area contributed by atoms with Crippen molar-refractivity contribution in [1.82, 2.24) is 5.27 Å². The van der Waals surface area contributed by atoms with Crippen molar-refractivity contribution < 1.29 is 23.8 Å². The first kappa shape index (κ1) is 15.2. The normalized spacial score (nSPS) is 12.0. The first-order valence-corrected chi connectivity index (χ1v) is 7.04. The van der Waals surface area contributed by atoms with E-state index in [0.29, 0.717) is 11.4 Å². The van der Waals surface area contributed by atoms with E-state index >= 15 is 0 Å². The minimum atomic E-state index is -0.549. The second kappa shape index (κ2) is 6.49. The van der Waals surface area contributed by atoms with Crippen LogP contribution in [0, 0.1) is 0 Å². The predicted molar refractivity (Wildman–Crippen MR) is 74.1 cm³/mol. The number of carbonyl (C=O) groups excluding carboxylic acids is 1. The van der Waals surface area contributed by atoms with Gasteiger partial charge in [0.15, 0.2) is 13.0 Å². The standard InChI is InChI=1S/C13H15N3O4S/c1-8(21-12-13(18)20-15-16(12)2)11(17)14-9-4-6-10(19-3)7-5-9/h4-8H,1-3H3,(H-,14,15,17,18). The molecule has 112 valence electrons. The lowest BCUT2D eigenvalue weighted by molar-refractivity contribution is -0.772. The van der Waals surface area contributed by atoms with E-state index < -0.39 is 11.2 Å². The third-order valence-corrected chi connectivity index (χ3v) is 3.95. The molecule has 1 heterocycles. The summed E-state index contributed by atoms with van der Waals surface area (Å²) in [7, 11) is 3.16. The number of benzene rings is 1. The Morgan fingerprint density at radius 3 is 2.67 bits per heavy atom. The fraction of sp³-hybridized carbons (Fsp3) is 0.308. The van der Waals surface area contributed by atoms with Crippen molar-refractivity contribution in [2.75, 3.05) is 12.4 Å². The lowest BCUT2D eigenvalue weighted by Gasteiger charge is -2.10. The Morgan fingerprint density at radius 1 is 1.48 bits per heavy atom. The van der Waals surface area contributed by atoms with Crippen LogP contribution in [-0.4, -0.2) is 23.5 Å². The summed E-state index contributed by atoms with van der Waals surface area (Å²) in [5.41, 5.74) is 0.658. The predicted octanol–water partition coefficient (Wildman–Crippen LogP) is 0.701. The van der Waals surface area contributed by atoms with Gasteiger partial charge in [-0.1, -0.05) is 4.68 Å². The van der Waals surface area contributed by atoms with Crippen LogP contribution in [0.1, 0.15) is 6.92 Å². The van der Waals surface area contributed by atoms with Gasteiger partial charge in [-0.05, 0) is 43.0 Å². The minimum absolute atomic E-state index is 0.217. The van der Waals surface area contributed by atoms with Crippen LogP contribution in [0.4, 0.5) is 5.69 Å². The van der Waals surface area contributed by atoms with Crippen LogP contribution in [0.25, 0.3) is 0 Å². The Labute approximate surface area is 125 Å². The van der Waals surface area contributed by atoms with E-state index in [1.807, 2.05) is 0 Å². The van der Waals surface area contributed by atoms with E-state index in [-0.39, 0.29) is 10.9 Å². The fourth-order valence-electron chi connectivity index (χ4n) is 1.57. The summed E-state index contributed by atoms with van der Waals surface area (Å²) in [6, 6.07) is 6.99. The Morgan fingerprint density at radius 2 is 2.14 bits per heavy atom. The second-order valence-corrected chi connectivity index (χ2v) is 5.60. The number of ether oxygens (including phenoxy) is 1. The number of methoxy groups -OCH3 is 1. The topological polar surface area (TPSA) is 91.3 Å². The third-order valence-electron chi connectivity index (χ3n) is 2.73. The van der Waals surface area contributed by atoms with Gasteiger partial charge in [-0.25, -0.2) is 0 Å². The molecule has 0 radical (unpaired) electrons. The SMILES string of the molecule is COc1ccc(NC(=O)C(C)Sc2c([O-])on[n+]2C)cc1. The number of hydrogen-bond donors (Lipinski definition) is 1. The molecule has 1 aromatic carbocycles. The molecule has 0 aliphatic heterocycles. The molecular formula is C13H15N3O4S. The highest BCUT2D eigenvalue weighted by Crippen LogP contribution is 2.26. The largest absolute Gasteiger partial charge is 0.538 e. The van der Waals surface area contributed by atoms with Crippen LogP contribution in [0.5, 0.6) is 11.7 Å². The van der Waals surface area contributed by atoms with Crippen LogP contribution >= 0.6 is 11.8 Å². The summed E-state index contributed by atoms with van der Waals surface area (Å²) in [6.07, 6.45) is 0. The maximum atomic E-state index is 12.1. The van der Waals surface area contributed by atoms with Crippen molar-refractivity contribution in [3.05, 3.63) is 24.3 Å². The summed E-state index contributed by atoms with van der Waals surface area (Å²) in [5, 5.41) is 17.5. The highest BCUT2D eigenvalue weighted by Gasteiger charge is 2.22. The van der Waals surface area contributed by atoms with Crippen molar-refractivity contribution in [2.45, 2.75) is 17.2 Å². The quantitative estimate of drug-likeness (QED) is 0.646. The van der Waals surface area contributed by atoms with Gasteiger partial charge in [0, 0.05) is 5.69 Å². The van der Waals surface area contributed by atoms with Gasteiger partial charge in [-0.15, -0.1) is 0 Å². The number of rotatable bonds is 5. The molecule has 1 amide bonds. The Bertz CT molecular complexity index is 607. The average Bonchev–Trinajstić information content (AvgIpc) is 2.79. The number of anilines is 1. The molecule has 2 rings (SSSR count). The molecule has 0 saturated carbocycles. The first-order valence-electron chi connectivity index (χ1n) is 6.16. The second-order valence-electron chi connectivity index (χ2n) is 4.27. The molecule has 21 heavy (non-hydrogen) atoms. The molecule has 0 aliphatic carbocycles. The molecule has 1 atom stereocenters. The zero-order valence-corrected chi connectivity index (χ0v) is 12.6. The van der Waals surface area contributed by atoms with Gasteiger partial charge < -0.3 is 19.7 Å². The van der Waals surface area contributed by atoms with Crippen LogP contribution < -0.4 is 19.8 Å². The number of amides is 1. The van der Waals surface area contributed by atoms with Crippen molar-refractivity contribution in [2.24, 2.45) is 7.05 Å². The summed E-state index contributed by atoms with van der Waals surface area (Å²) in [5.74, 6) is -0.0553. The number of hydrogen-bond acceptors (Lipinski definition) is 6. The Kier molecular flexibility index (Phi) is 4.69. The molecule has 1 unspecified atom stereocenters. The lowest BCUT2D eigenvalue weighted by atomic mass is 10.3. The highest BCUT2D eigenvalue weighted by atomic mass is 32.2. The molecule has 1 aromatic heterocycles. The van der Waals surface area contributed by atoms with Gasteiger partial charge in [-0.2, -0.15) is 0 Å². The van der Waals surface area contributed by atoms with E-state index in [1.165, 1.54) is 4.68 Å². The number of thioether (sulfide) groups is 1. The zero-order valence-electron chi connectivity index (χ0n) is 11.8. The first-order chi connectivity index (χ1) is 10.0. The molecule has 0 spiro atoms. The number of carbonyl (C=O) groups is 1. The van der Waals surface area contributed by atoms with Crippen molar-refractivity contribution >= 4 is 23.4 Å². The van der Waals surface area contributed by atoms with E-state index in [9.17, 15) is 9.90 Å². The number of nitrogens with one attached hydrogen (secondary N) is 1. The summed E-state index contributed by atoms with van der Waals surface area (Å²) in [4.78, 5) is 12.1. The molecule has 8 heteroatoms. The maximum Gasteiger partial charge on any atom is 0.291 e. The molecule has 0 aliphatic rings. The highest BCUT2D eigenvalue weighted by molar-refractivity contribution is 8.00. The smallest absolute Gasteiger partial charge is 0.291 e. The van der Waals surface area contributed by atoms with Crippen LogP contribution in [0.2, 0.25) is 0 Å². The third kappa shape index (κ3) is 3.66. The summed E-state index contributed by atoms with van der Waals surface area (Å²) in [6.45, 7) is 1.70. The van der Waals surface area contributed by atoms with Crippen LogP contribution in [0.15, 0.2) is 33.8 Å². The zero-order chi connectivity index (χ0) is 15.4. The molecule has 0 bridgehead atoms. The van der Waals surface area contributed by atoms with Gasteiger partial charge in [0.2, 0.25) is 5.91 Å². The van der Waals surface area contributed by atoms with Gasteiger partial charge in [-0.3, -0.25) is 4.79 Å². The minimum Gasteiger partial charge on any atom is -0.538 e. The lowest BCUT2D eigenvalue weighted by Crippen LogP contribution is -2.33. The van der Waals surface area contributed by atoms with Gasteiger partial charge in [0.1, 0.15) is 5.75 Å². The molecule has 7 nitrogen and oxygen atoms in total. The maximum absolute atomic E-state index is 12.1. The number of aromatic nitrogens is 2. The average molecular weight is 309 g/mol. The van der Waals surface area contributed by atoms with E-state index in [0.717, 1.165) is 11.8 Å². The Balaban J connectivity index is 1.99. The number of aryl methyl sites for hydroxylation is 1. The molecule has 1 N–H and O–H groups in total. The van der Waals surface area contributed by atoms with Crippen LogP contribution in [0.3, 0.4) is 0 Å². The van der Waals surface area contributed by atoms with Gasteiger partial charge in [0.25, 0.3) is 5.03 Å². The van der Waals surface area contributed by atoms with E-state index in [1.54, 1.807) is 45.3 Å². The molecule has 0 fully saturated rings. The Hall–Kier alpha value is -2.22. The van der Waals surface area contributed by atoms with Crippen molar-refractivity contribution in [1.29, 1.82) is 0 Å². The van der Waals surface area contributed by atoms with Gasteiger partial charge in [0.05, 0.1) is 17.6 Å².